The van der Waals surface area contributed by atoms with E-state index >= 15 is 0 Å². The third-order valence-corrected chi connectivity index (χ3v) is 3.44. The second-order valence-corrected chi connectivity index (χ2v) is 5.18. The molecule has 0 spiro atoms. The van der Waals surface area contributed by atoms with E-state index in [4.69, 9.17) is 10.5 Å². The lowest BCUT2D eigenvalue weighted by molar-refractivity contribution is 0.0600. The number of nitrogens with two attached hydrogens (primary N) is 1. The van der Waals surface area contributed by atoms with Crippen LogP contribution in [0.1, 0.15) is 10.4 Å². The lowest BCUT2D eigenvalue weighted by Gasteiger charge is -2.13. The Hall–Kier alpha value is -3.81. The maximum absolute atomic E-state index is 11.5. The molecular formula is C18H17N5O3. The maximum atomic E-state index is 11.5. The summed E-state index contributed by atoms with van der Waals surface area (Å²) in [4.78, 5) is 19.6. The number of carbonyl (C=O) groups is 1. The van der Waals surface area contributed by atoms with Gasteiger partial charge in [0.1, 0.15) is 17.8 Å². The van der Waals surface area contributed by atoms with Gasteiger partial charge in [0.05, 0.1) is 18.4 Å². The summed E-state index contributed by atoms with van der Waals surface area (Å²) in [6.45, 7) is 0. The lowest BCUT2D eigenvalue weighted by atomic mass is 10.2. The highest BCUT2D eigenvalue weighted by Crippen LogP contribution is 2.29. The Morgan fingerprint density at radius 2 is 1.73 bits per heavy atom. The van der Waals surface area contributed by atoms with Gasteiger partial charge in [-0.3, -0.25) is 10.9 Å². The zero-order chi connectivity index (χ0) is 18.4. The number of hydrogen-bond acceptors (Lipinski definition) is 8. The number of aromatic nitrogens is 2. The second kappa shape index (κ2) is 7.84. The number of nitrogen functional groups attached to an aromatic ring is 1. The molecule has 1 aromatic heterocycles. The predicted molar refractivity (Wildman–Crippen MR) is 98.0 cm³/mol. The molecule has 8 heteroatoms. The molecule has 0 atom stereocenters. The number of anilines is 3. The lowest BCUT2D eigenvalue weighted by Crippen LogP contribution is -2.12. The molecule has 0 bridgehead atoms. The summed E-state index contributed by atoms with van der Waals surface area (Å²) in [5.74, 6) is 0.634. The number of rotatable bonds is 6. The van der Waals surface area contributed by atoms with Crippen molar-refractivity contribution in [2.45, 2.75) is 0 Å². The van der Waals surface area contributed by atoms with Crippen LogP contribution < -0.4 is 21.3 Å². The molecule has 0 saturated carbocycles. The molecule has 3 aromatic rings. The Bertz CT molecular complexity index is 885. The highest BCUT2D eigenvalue weighted by atomic mass is 16.5. The molecule has 0 aliphatic carbocycles. The summed E-state index contributed by atoms with van der Waals surface area (Å²) in [6, 6.07) is 16.0. The zero-order valence-electron chi connectivity index (χ0n) is 14.0. The minimum absolute atomic E-state index is 0.197. The number of nitrogens with zero attached hydrogens (tertiary/aromatic N) is 2. The normalized spacial score (nSPS) is 10.0. The van der Waals surface area contributed by atoms with Crippen LogP contribution in [0.15, 0.2) is 60.9 Å². The molecule has 0 aliphatic rings. The van der Waals surface area contributed by atoms with Crippen molar-refractivity contribution in [3.8, 4) is 11.6 Å². The summed E-state index contributed by atoms with van der Waals surface area (Å²) >= 11 is 0. The highest BCUT2D eigenvalue weighted by Gasteiger charge is 2.11. The number of benzene rings is 2. The molecular weight excluding hydrogens is 334 g/mol. The fourth-order valence-corrected chi connectivity index (χ4v) is 2.10. The summed E-state index contributed by atoms with van der Waals surface area (Å²) in [7, 11) is 1.33. The van der Waals surface area contributed by atoms with Crippen LogP contribution in [0.4, 0.5) is 17.2 Å². The summed E-state index contributed by atoms with van der Waals surface area (Å²) in [6.07, 6.45) is 1.34. The van der Waals surface area contributed by atoms with E-state index in [2.05, 4.69) is 25.6 Å². The van der Waals surface area contributed by atoms with E-state index in [-0.39, 0.29) is 11.6 Å². The van der Waals surface area contributed by atoms with Crippen LogP contribution in [-0.4, -0.2) is 23.0 Å². The van der Waals surface area contributed by atoms with Crippen molar-refractivity contribution >= 4 is 23.2 Å². The van der Waals surface area contributed by atoms with Gasteiger partial charge in [0, 0.05) is 0 Å². The Morgan fingerprint density at radius 1 is 1.00 bits per heavy atom. The molecule has 0 saturated heterocycles. The van der Waals surface area contributed by atoms with Crippen LogP contribution in [0.3, 0.4) is 0 Å². The number of methoxy groups -OCH3 is 1. The van der Waals surface area contributed by atoms with Crippen molar-refractivity contribution in [1.82, 2.24) is 9.97 Å². The number of para-hydroxylation sites is 1. The van der Waals surface area contributed by atoms with Crippen molar-refractivity contribution in [1.29, 1.82) is 0 Å². The van der Waals surface area contributed by atoms with Crippen LogP contribution in [0.2, 0.25) is 0 Å². The Morgan fingerprint density at radius 3 is 2.42 bits per heavy atom. The fraction of sp³-hybridized carbons (Fsp3) is 0.0556. The molecule has 132 valence electrons. The third-order valence-electron chi connectivity index (χ3n) is 3.44. The number of hydrazine groups is 1. The molecule has 0 amide bonds. The first-order chi connectivity index (χ1) is 12.7. The number of hydrogen-bond donors (Lipinski definition) is 3. The average molecular weight is 351 g/mol. The van der Waals surface area contributed by atoms with Gasteiger partial charge in [-0.1, -0.05) is 18.2 Å². The summed E-state index contributed by atoms with van der Waals surface area (Å²) in [5.41, 5.74) is 13.5. The maximum Gasteiger partial charge on any atom is 0.337 e. The molecule has 0 aliphatic heterocycles. The van der Waals surface area contributed by atoms with E-state index in [9.17, 15) is 4.79 Å². The fourth-order valence-electron chi connectivity index (χ4n) is 2.10. The minimum atomic E-state index is -0.420. The van der Waals surface area contributed by atoms with Gasteiger partial charge in [0.2, 0.25) is 5.88 Å². The van der Waals surface area contributed by atoms with E-state index in [1.54, 1.807) is 24.3 Å². The summed E-state index contributed by atoms with van der Waals surface area (Å²) < 4.78 is 10.3. The first-order valence-electron chi connectivity index (χ1n) is 7.71. The molecule has 4 N–H and O–H groups in total. The van der Waals surface area contributed by atoms with Gasteiger partial charge in [0.15, 0.2) is 5.82 Å². The minimum Gasteiger partial charge on any atom is -0.465 e. The molecule has 8 nitrogen and oxygen atoms in total. The van der Waals surface area contributed by atoms with Crippen LogP contribution in [0.25, 0.3) is 0 Å². The van der Waals surface area contributed by atoms with E-state index in [0.29, 0.717) is 17.1 Å². The molecule has 26 heavy (non-hydrogen) atoms. The Kier molecular flexibility index (Phi) is 5.14. The van der Waals surface area contributed by atoms with Gasteiger partial charge in [0.25, 0.3) is 0 Å². The molecule has 0 unspecified atom stereocenters. The number of carbonyl (C=O) groups excluding carboxylic acids is 1. The molecule has 2 aromatic carbocycles. The van der Waals surface area contributed by atoms with E-state index in [0.717, 1.165) is 5.69 Å². The largest absolute Gasteiger partial charge is 0.465 e. The number of ether oxygens (including phenoxy) is 2. The zero-order valence-corrected chi connectivity index (χ0v) is 14.0. The topological polar surface area (TPSA) is 111 Å². The monoisotopic (exact) mass is 351 g/mol. The first kappa shape index (κ1) is 17.0. The number of esters is 1. The van der Waals surface area contributed by atoms with Crippen LogP contribution in [-0.2, 0) is 4.74 Å². The van der Waals surface area contributed by atoms with Crippen LogP contribution in [0, 0.1) is 0 Å². The smallest absolute Gasteiger partial charge is 0.337 e. The van der Waals surface area contributed by atoms with Crippen molar-refractivity contribution in [3.63, 3.8) is 0 Å². The third kappa shape index (κ3) is 3.99. The quantitative estimate of drug-likeness (QED) is 0.459. The highest BCUT2D eigenvalue weighted by molar-refractivity contribution is 5.89. The van der Waals surface area contributed by atoms with Gasteiger partial charge < -0.3 is 15.2 Å². The van der Waals surface area contributed by atoms with Crippen molar-refractivity contribution in [3.05, 3.63) is 66.5 Å². The van der Waals surface area contributed by atoms with Crippen LogP contribution in [0.5, 0.6) is 11.6 Å². The average Bonchev–Trinajstić information content (AvgIpc) is 2.69. The summed E-state index contributed by atoms with van der Waals surface area (Å²) in [5, 5.41) is 0. The standard InChI is InChI=1S/C18H17N5O3/c1-25-18(24)12-7-9-14(10-8-12)26-17-15(19)16(20-11-21-17)23-22-13-5-3-2-4-6-13/h2-11,22H,19H2,1H3,(H,20,21,23). The molecule has 0 fully saturated rings. The first-order valence-corrected chi connectivity index (χ1v) is 7.71. The van der Waals surface area contributed by atoms with E-state index < -0.39 is 5.97 Å². The van der Waals surface area contributed by atoms with Crippen LogP contribution >= 0.6 is 0 Å². The second-order valence-electron chi connectivity index (χ2n) is 5.18. The van der Waals surface area contributed by atoms with Crippen molar-refractivity contribution < 1.29 is 14.3 Å². The number of nitrogens with one attached hydrogen (secondary N) is 2. The predicted octanol–water partition coefficient (Wildman–Crippen LogP) is 3.08. The van der Waals surface area contributed by atoms with Gasteiger partial charge in [-0.15, -0.1) is 0 Å². The Balaban J connectivity index is 1.71. The Labute approximate surface area is 150 Å². The van der Waals surface area contributed by atoms with Gasteiger partial charge in [-0.05, 0) is 36.4 Å². The van der Waals surface area contributed by atoms with Gasteiger partial charge in [-0.25, -0.2) is 9.78 Å². The SMILES string of the molecule is COC(=O)c1ccc(Oc2ncnc(NNc3ccccc3)c2N)cc1. The van der Waals surface area contributed by atoms with Gasteiger partial charge in [-0.2, -0.15) is 4.98 Å². The van der Waals surface area contributed by atoms with Gasteiger partial charge >= 0.3 is 5.97 Å². The molecule has 1 heterocycles. The van der Waals surface area contributed by atoms with E-state index in [1.165, 1.54) is 13.4 Å². The molecule has 3 rings (SSSR count). The molecule has 0 radical (unpaired) electrons. The van der Waals surface area contributed by atoms with Crippen molar-refractivity contribution in [2.24, 2.45) is 0 Å². The van der Waals surface area contributed by atoms with E-state index in [1.807, 2.05) is 30.3 Å². The van der Waals surface area contributed by atoms with Crippen molar-refractivity contribution in [2.75, 3.05) is 23.7 Å².